The van der Waals surface area contributed by atoms with Gasteiger partial charge in [-0.25, -0.2) is 0 Å². The number of amides is 2. The van der Waals surface area contributed by atoms with E-state index in [2.05, 4.69) is 10.6 Å². The Morgan fingerprint density at radius 2 is 1.62 bits per heavy atom. The fourth-order valence-electron chi connectivity index (χ4n) is 2.92. The van der Waals surface area contributed by atoms with E-state index in [4.69, 9.17) is 21.1 Å². The second-order valence-electron chi connectivity index (χ2n) is 7.24. The van der Waals surface area contributed by atoms with E-state index in [1.165, 1.54) is 13.2 Å². The van der Waals surface area contributed by atoms with Crippen LogP contribution in [0.25, 0.3) is 6.08 Å². The fourth-order valence-corrected chi connectivity index (χ4v) is 3.04. The van der Waals surface area contributed by atoms with Gasteiger partial charge in [0.1, 0.15) is 11.6 Å². The highest BCUT2D eigenvalue weighted by Gasteiger charge is 2.12. The van der Waals surface area contributed by atoms with Gasteiger partial charge in [0.2, 0.25) is 0 Å². The van der Waals surface area contributed by atoms with Gasteiger partial charge in [0.15, 0.2) is 18.1 Å². The summed E-state index contributed by atoms with van der Waals surface area (Å²) in [5.41, 5.74) is 2.74. The minimum atomic E-state index is -0.558. The predicted molar refractivity (Wildman–Crippen MR) is 132 cm³/mol. The molecule has 0 aliphatic heterocycles. The molecule has 0 bridgehead atoms. The molecule has 0 fully saturated rings. The van der Waals surface area contributed by atoms with Gasteiger partial charge in [-0.2, -0.15) is 5.26 Å². The number of benzene rings is 3. The number of hydrogen-bond acceptors (Lipinski definition) is 5. The van der Waals surface area contributed by atoms with Crippen molar-refractivity contribution in [3.63, 3.8) is 0 Å². The van der Waals surface area contributed by atoms with Crippen LogP contribution in [0.1, 0.15) is 11.1 Å². The number of methoxy groups -OCH3 is 1. The summed E-state index contributed by atoms with van der Waals surface area (Å²) in [6.07, 6.45) is 1.43. The monoisotopic (exact) mass is 475 g/mol. The molecule has 0 heterocycles. The highest BCUT2D eigenvalue weighted by atomic mass is 35.5. The van der Waals surface area contributed by atoms with Crippen LogP contribution in [-0.4, -0.2) is 25.5 Å². The highest BCUT2D eigenvalue weighted by Crippen LogP contribution is 2.29. The van der Waals surface area contributed by atoms with Crippen LogP contribution in [-0.2, 0) is 9.59 Å². The molecule has 0 unspecified atom stereocenters. The zero-order chi connectivity index (χ0) is 24.5. The molecule has 0 spiro atoms. The fraction of sp³-hybridized carbons (Fsp3) is 0.115. The van der Waals surface area contributed by atoms with Gasteiger partial charge in [-0.15, -0.1) is 0 Å². The van der Waals surface area contributed by atoms with Crippen molar-refractivity contribution in [3.05, 3.63) is 88.5 Å². The molecule has 2 N–H and O–H groups in total. The lowest BCUT2D eigenvalue weighted by molar-refractivity contribution is -0.118. The average molecular weight is 476 g/mol. The Labute approximate surface area is 202 Å². The van der Waals surface area contributed by atoms with E-state index < -0.39 is 5.91 Å². The molecule has 0 atom stereocenters. The first kappa shape index (κ1) is 24.4. The normalized spacial score (nSPS) is 10.7. The second kappa shape index (κ2) is 11.5. The second-order valence-corrected chi connectivity index (χ2v) is 7.68. The third kappa shape index (κ3) is 6.86. The van der Waals surface area contributed by atoms with Gasteiger partial charge < -0.3 is 20.1 Å². The molecule has 3 rings (SSSR count). The summed E-state index contributed by atoms with van der Waals surface area (Å²) in [5.74, 6) is -0.174. The van der Waals surface area contributed by atoms with Crippen LogP contribution in [0.4, 0.5) is 11.4 Å². The molecular weight excluding hydrogens is 454 g/mol. The Morgan fingerprint density at radius 3 is 2.26 bits per heavy atom. The van der Waals surface area contributed by atoms with Crippen LogP contribution in [0, 0.1) is 18.3 Å². The summed E-state index contributed by atoms with van der Waals surface area (Å²) in [7, 11) is 1.46. The Bertz CT molecular complexity index is 1250. The third-order valence-electron chi connectivity index (χ3n) is 4.66. The summed E-state index contributed by atoms with van der Waals surface area (Å²) < 4.78 is 10.9. The number of hydrogen-bond donors (Lipinski definition) is 2. The summed E-state index contributed by atoms with van der Waals surface area (Å²) in [6.45, 7) is 1.75. The van der Waals surface area contributed by atoms with E-state index in [0.29, 0.717) is 33.5 Å². The third-order valence-corrected chi connectivity index (χ3v) is 4.91. The molecule has 0 aliphatic rings. The van der Waals surface area contributed by atoms with Crippen LogP contribution in [0.2, 0.25) is 5.02 Å². The molecule has 3 aromatic rings. The Kier molecular flexibility index (Phi) is 8.27. The maximum Gasteiger partial charge on any atom is 0.266 e. The van der Waals surface area contributed by atoms with Crippen molar-refractivity contribution in [2.45, 2.75) is 6.92 Å². The summed E-state index contributed by atoms with van der Waals surface area (Å²) >= 11 is 5.85. The molecule has 0 aliphatic carbocycles. The van der Waals surface area contributed by atoms with Crippen LogP contribution in [0.15, 0.2) is 72.3 Å². The van der Waals surface area contributed by atoms with E-state index in [1.807, 2.05) is 37.3 Å². The topological polar surface area (TPSA) is 100 Å². The van der Waals surface area contributed by atoms with Gasteiger partial charge in [-0.1, -0.05) is 35.4 Å². The largest absolute Gasteiger partial charge is 0.493 e. The minimum absolute atomic E-state index is 0.0943. The zero-order valence-corrected chi connectivity index (χ0v) is 19.3. The molecule has 3 aromatic carbocycles. The maximum atomic E-state index is 12.5. The van der Waals surface area contributed by atoms with Crippen molar-refractivity contribution in [1.82, 2.24) is 0 Å². The summed E-state index contributed by atoms with van der Waals surface area (Å²) in [6, 6.07) is 20.7. The number of nitrogens with zero attached hydrogens (tertiary/aromatic N) is 1. The first-order valence-electron chi connectivity index (χ1n) is 10.2. The number of anilines is 2. The molecule has 172 valence electrons. The van der Waals surface area contributed by atoms with E-state index in [9.17, 15) is 14.9 Å². The molecule has 2 amide bonds. The van der Waals surface area contributed by atoms with Gasteiger partial charge in [0, 0.05) is 16.4 Å². The van der Waals surface area contributed by atoms with Crippen LogP contribution >= 0.6 is 11.6 Å². The van der Waals surface area contributed by atoms with Crippen molar-refractivity contribution in [3.8, 4) is 17.6 Å². The first-order valence-corrected chi connectivity index (χ1v) is 10.6. The van der Waals surface area contributed by atoms with Gasteiger partial charge in [-0.05, 0) is 67.1 Å². The number of nitriles is 1. The average Bonchev–Trinajstić information content (AvgIpc) is 2.84. The van der Waals surface area contributed by atoms with Crippen LogP contribution < -0.4 is 20.1 Å². The Hall–Kier alpha value is -4.28. The number of carbonyl (C=O) groups is 2. The summed E-state index contributed by atoms with van der Waals surface area (Å²) in [4.78, 5) is 24.7. The van der Waals surface area contributed by atoms with Gasteiger partial charge >= 0.3 is 0 Å². The summed E-state index contributed by atoms with van der Waals surface area (Å²) in [5, 5.41) is 15.4. The van der Waals surface area contributed by atoms with Crippen LogP contribution in [0.5, 0.6) is 11.5 Å². The molecule has 0 radical (unpaired) electrons. The predicted octanol–water partition coefficient (Wildman–Crippen LogP) is 5.22. The first-order chi connectivity index (χ1) is 16.4. The standard InChI is InChI=1S/C26H22ClN3O4/c1-17-3-8-21(9-4-17)29-25(31)16-34-23-12-5-18(14-24(23)33-2)13-19(15-28)26(32)30-22-10-6-20(27)7-11-22/h3-14H,16H2,1-2H3,(H,29,31)(H,30,32)/b19-13+. The van der Waals surface area contributed by atoms with E-state index in [1.54, 1.807) is 42.5 Å². The number of ether oxygens (including phenoxy) is 2. The van der Waals surface area contributed by atoms with E-state index >= 15 is 0 Å². The molecule has 0 aromatic heterocycles. The minimum Gasteiger partial charge on any atom is -0.493 e. The molecule has 34 heavy (non-hydrogen) atoms. The lowest BCUT2D eigenvalue weighted by atomic mass is 10.1. The van der Waals surface area contributed by atoms with E-state index in [0.717, 1.165) is 5.56 Å². The van der Waals surface area contributed by atoms with Crippen molar-refractivity contribution in [1.29, 1.82) is 5.26 Å². The van der Waals surface area contributed by atoms with E-state index in [-0.39, 0.29) is 18.1 Å². The lowest BCUT2D eigenvalue weighted by Gasteiger charge is -2.12. The number of rotatable bonds is 8. The number of carbonyl (C=O) groups excluding carboxylic acids is 2. The maximum absolute atomic E-state index is 12.5. The van der Waals surface area contributed by atoms with Crippen molar-refractivity contribution >= 4 is 40.9 Å². The lowest BCUT2D eigenvalue weighted by Crippen LogP contribution is -2.20. The molecular formula is C26H22ClN3O4. The number of halogens is 1. The number of nitrogens with one attached hydrogen (secondary N) is 2. The van der Waals surface area contributed by atoms with Crippen molar-refractivity contribution in [2.75, 3.05) is 24.4 Å². The molecule has 0 saturated carbocycles. The van der Waals surface area contributed by atoms with Gasteiger partial charge in [-0.3, -0.25) is 9.59 Å². The zero-order valence-electron chi connectivity index (χ0n) is 18.6. The van der Waals surface area contributed by atoms with Gasteiger partial charge in [0.05, 0.1) is 7.11 Å². The molecule has 0 saturated heterocycles. The Balaban J connectivity index is 1.66. The molecule has 7 nitrogen and oxygen atoms in total. The SMILES string of the molecule is COc1cc(/C=C(\C#N)C(=O)Nc2ccc(Cl)cc2)ccc1OCC(=O)Nc1ccc(C)cc1. The van der Waals surface area contributed by atoms with Gasteiger partial charge in [0.25, 0.3) is 11.8 Å². The quantitative estimate of drug-likeness (QED) is 0.343. The Morgan fingerprint density at radius 1 is 0.971 bits per heavy atom. The smallest absolute Gasteiger partial charge is 0.266 e. The van der Waals surface area contributed by atoms with Crippen molar-refractivity contribution in [2.24, 2.45) is 0 Å². The number of aryl methyl sites for hydroxylation is 1. The van der Waals surface area contributed by atoms with Crippen LogP contribution in [0.3, 0.4) is 0 Å². The highest BCUT2D eigenvalue weighted by molar-refractivity contribution is 6.30. The van der Waals surface area contributed by atoms with Crippen molar-refractivity contribution < 1.29 is 19.1 Å². The molecule has 8 heteroatoms.